The summed E-state index contributed by atoms with van der Waals surface area (Å²) in [6, 6.07) is 2.79. The zero-order valence-corrected chi connectivity index (χ0v) is 17.1. The Hall–Kier alpha value is -1.76. The Bertz CT molecular complexity index is 743. The van der Waals surface area contributed by atoms with Gasteiger partial charge >= 0.3 is 0 Å². The minimum Gasteiger partial charge on any atom is -0.206 e. The summed E-state index contributed by atoms with van der Waals surface area (Å²) in [7, 11) is 0. The zero-order chi connectivity index (χ0) is 20.8. The van der Waals surface area contributed by atoms with Gasteiger partial charge in [0.1, 0.15) is 11.6 Å². The summed E-state index contributed by atoms with van der Waals surface area (Å²) in [5, 5.41) is 0. The summed E-state index contributed by atoms with van der Waals surface area (Å²) in [6.45, 7) is 1.98. The molecule has 0 unspecified atom stereocenters. The molecule has 1 aromatic carbocycles. The van der Waals surface area contributed by atoms with Crippen molar-refractivity contribution in [2.45, 2.75) is 71.1 Å². The van der Waals surface area contributed by atoms with Crippen LogP contribution in [0.25, 0.3) is 0 Å². The van der Waals surface area contributed by atoms with E-state index in [4.69, 9.17) is 0 Å². The first kappa shape index (κ1) is 21.9. The summed E-state index contributed by atoms with van der Waals surface area (Å²) in [5.74, 6) is 6.21. The van der Waals surface area contributed by atoms with Gasteiger partial charge in [-0.3, -0.25) is 0 Å². The number of hydrogen-bond acceptors (Lipinski definition) is 0. The van der Waals surface area contributed by atoms with Crippen molar-refractivity contribution in [2.75, 3.05) is 0 Å². The van der Waals surface area contributed by atoms with E-state index in [1.807, 2.05) is 6.92 Å². The zero-order valence-electron chi connectivity index (χ0n) is 17.1. The van der Waals surface area contributed by atoms with Crippen molar-refractivity contribution < 1.29 is 17.6 Å². The lowest BCUT2D eigenvalue weighted by atomic mass is 9.69. The first-order chi connectivity index (χ1) is 14.0. The molecule has 29 heavy (non-hydrogen) atoms. The van der Waals surface area contributed by atoms with Crippen LogP contribution in [0, 0.1) is 47.1 Å². The van der Waals surface area contributed by atoms with E-state index in [2.05, 4.69) is 11.8 Å². The van der Waals surface area contributed by atoms with Crippen LogP contribution in [0.5, 0.6) is 0 Å². The topological polar surface area (TPSA) is 0 Å². The molecule has 0 amide bonds. The van der Waals surface area contributed by atoms with Crippen LogP contribution in [0.4, 0.5) is 17.6 Å². The van der Waals surface area contributed by atoms with Crippen LogP contribution >= 0.6 is 0 Å². The summed E-state index contributed by atoms with van der Waals surface area (Å²) < 4.78 is 53.3. The fourth-order valence-electron chi connectivity index (χ4n) is 5.05. The fourth-order valence-corrected chi connectivity index (χ4v) is 5.05. The average molecular weight is 407 g/mol. The standard InChI is InChI=1S/C25H30F4/c1-2-3-19-14-23(26)22(24(27)15-19)13-8-17-4-9-20(10-5-17)21-11-6-18(7-12-21)16-25(28)29/h14-18,20-21H,2-7,9-12H2,1H3. The Balaban J connectivity index is 1.52. The van der Waals surface area contributed by atoms with Gasteiger partial charge in [-0.05, 0) is 99.3 Å². The minimum absolute atomic E-state index is 0.0342. The quantitative estimate of drug-likeness (QED) is 0.356. The number of hydrogen-bond donors (Lipinski definition) is 0. The van der Waals surface area contributed by atoms with E-state index in [1.165, 1.54) is 12.1 Å². The number of halogens is 4. The Morgan fingerprint density at radius 2 is 1.48 bits per heavy atom. The summed E-state index contributed by atoms with van der Waals surface area (Å²) >= 11 is 0. The van der Waals surface area contributed by atoms with Crippen LogP contribution in [-0.4, -0.2) is 0 Å². The van der Waals surface area contributed by atoms with Gasteiger partial charge in [0, 0.05) is 5.92 Å². The van der Waals surface area contributed by atoms with Crippen LogP contribution in [-0.2, 0) is 6.42 Å². The highest BCUT2D eigenvalue weighted by molar-refractivity contribution is 5.39. The summed E-state index contributed by atoms with van der Waals surface area (Å²) in [6.07, 6.45) is 8.88. The van der Waals surface area contributed by atoms with Gasteiger partial charge in [0.25, 0.3) is 6.08 Å². The van der Waals surface area contributed by atoms with E-state index < -0.39 is 17.7 Å². The second kappa shape index (κ2) is 10.3. The molecule has 0 aromatic heterocycles. The van der Waals surface area contributed by atoms with Crippen molar-refractivity contribution in [3.05, 3.63) is 47.1 Å². The molecule has 1 aromatic rings. The Morgan fingerprint density at radius 1 is 0.931 bits per heavy atom. The highest BCUT2D eigenvalue weighted by atomic mass is 19.3. The lowest BCUT2D eigenvalue weighted by Crippen LogP contribution is -2.25. The molecule has 3 rings (SSSR count). The van der Waals surface area contributed by atoms with E-state index in [9.17, 15) is 17.6 Å². The Labute approximate surface area is 171 Å². The molecule has 0 aliphatic heterocycles. The van der Waals surface area contributed by atoms with E-state index in [0.717, 1.165) is 63.9 Å². The highest BCUT2D eigenvalue weighted by Gasteiger charge is 2.30. The third-order valence-corrected chi connectivity index (χ3v) is 6.66. The second-order valence-corrected chi connectivity index (χ2v) is 8.70. The Kier molecular flexibility index (Phi) is 7.81. The molecule has 2 fully saturated rings. The minimum atomic E-state index is -1.56. The molecule has 158 valence electrons. The number of rotatable bonds is 4. The van der Waals surface area contributed by atoms with Gasteiger partial charge in [0.2, 0.25) is 0 Å². The first-order valence-corrected chi connectivity index (χ1v) is 11.0. The third kappa shape index (κ3) is 6.11. The highest BCUT2D eigenvalue weighted by Crippen LogP contribution is 2.41. The molecule has 0 N–H and O–H groups in total. The number of aryl methyl sites for hydroxylation is 1. The molecule has 2 saturated carbocycles. The smallest absolute Gasteiger partial charge is 0.206 e. The molecular formula is C25H30F4. The van der Waals surface area contributed by atoms with E-state index >= 15 is 0 Å². The largest absolute Gasteiger partial charge is 0.266 e. The molecule has 0 saturated heterocycles. The van der Waals surface area contributed by atoms with Gasteiger partial charge in [-0.1, -0.05) is 25.2 Å². The average Bonchev–Trinajstić information content (AvgIpc) is 2.68. The van der Waals surface area contributed by atoms with Crippen molar-refractivity contribution in [1.82, 2.24) is 0 Å². The number of benzene rings is 1. The van der Waals surface area contributed by atoms with Gasteiger partial charge < -0.3 is 0 Å². The van der Waals surface area contributed by atoms with Crippen LogP contribution < -0.4 is 0 Å². The normalized spacial score (nSPS) is 27.1. The van der Waals surface area contributed by atoms with Gasteiger partial charge in [0.05, 0.1) is 5.56 Å². The monoisotopic (exact) mass is 406 g/mol. The maximum Gasteiger partial charge on any atom is 0.266 e. The summed E-state index contributed by atoms with van der Waals surface area (Å²) in [4.78, 5) is 0. The van der Waals surface area contributed by atoms with E-state index in [-0.39, 0.29) is 17.4 Å². The van der Waals surface area contributed by atoms with Crippen molar-refractivity contribution in [3.63, 3.8) is 0 Å². The van der Waals surface area contributed by atoms with Crippen molar-refractivity contribution in [2.24, 2.45) is 23.7 Å². The maximum atomic E-state index is 14.2. The molecule has 0 radical (unpaired) electrons. The van der Waals surface area contributed by atoms with Crippen LogP contribution in [0.3, 0.4) is 0 Å². The summed E-state index contributed by atoms with van der Waals surface area (Å²) in [5.41, 5.74) is 0.562. The van der Waals surface area contributed by atoms with Gasteiger partial charge in [-0.2, -0.15) is 8.78 Å². The molecule has 0 bridgehead atoms. The SMILES string of the molecule is CCCc1cc(F)c(C#CC2CCC(C3CCC(C=C(F)F)CC3)CC2)c(F)c1. The molecule has 0 atom stereocenters. The molecule has 2 aliphatic rings. The predicted molar refractivity (Wildman–Crippen MR) is 108 cm³/mol. The molecule has 0 heterocycles. The Morgan fingerprint density at radius 3 is 2.00 bits per heavy atom. The van der Waals surface area contributed by atoms with Crippen LogP contribution in [0.1, 0.15) is 75.8 Å². The number of allylic oxidation sites excluding steroid dienone is 1. The molecule has 4 heteroatoms. The predicted octanol–water partition coefficient (Wildman–Crippen LogP) is 7.66. The van der Waals surface area contributed by atoms with Crippen molar-refractivity contribution in [3.8, 4) is 11.8 Å². The molecule has 0 nitrogen and oxygen atoms in total. The van der Waals surface area contributed by atoms with Crippen molar-refractivity contribution in [1.29, 1.82) is 0 Å². The van der Waals surface area contributed by atoms with E-state index in [1.54, 1.807) is 0 Å². The first-order valence-electron chi connectivity index (χ1n) is 11.0. The van der Waals surface area contributed by atoms with Crippen LogP contribution in [0.2, 0.25) is 0 Å². The molecular weight excluding hydrogens is 376 g/mol. The van der Waals surface area contributed by atoms with Crippen LogP contribution in [0.15, 0.2) is 24.3 Å². The maximum absolute atomic E-state index is 14.2. The van der Waals surface area contributed by atoms with Crippen molar-refractivity contribution >= 4 is 0 Å². The lowest BCUT2D eigenvalue weighted by Gasteiger charge is -2.36. The van der Waals surface area contributed by atoms with E-state index in [0.29, 0.717) is 23.8 Å². The third-order valence-electron chi connectivity index (χ3n) is 6.66. The van der Waals surface area contributed by atoms with Gasteiger partial charge in [-0.25, -0.2) is 8.78 Å². The van der Waals surface area contributed by atoms with Gasteiger partial charge in [0.15, 0.2) is 0 Å². The molecule has 0 spiro atoms. The lowest BCUT2D eigenvalue weighted by molar-refractivity contribution is 0.167. The molecule has 2 aliphatic carbocycles. The fraction of sp³-hybridized carbons (Fsp3) is 0.600. The van der Waals surface area contributed by atoms with Gasteiger partial charge in [-0.15, -0.1) is 0 Å². The second-order valence-electron chi connectivity index (χ2n) is 8.70.